The number of fused-ring (bicyclic) bond motifs is 1. The number of para-hydroxylation sites is 1. The smallest absolute Gasteiger partial charge is 0.224 e. The first-order valence-corrected chi connectivity index (χ1v) is 5.82. The van der Waals surface area contributed by atoms with E-state index in [0.717, 1.165) is 24.9 Å². The molecule has 3 nitrogen and oxygen atoms in total. The number of nitrogens with zero attached hydrogens (tertiary/aromatic N) is 1. The number of carbonyl (C=O) groups excluding carboxylic acids is 1. The summed E-state index contributed by atoms with van der Waals surface area (Å²) in [6.45, 7) is 2.15. The molecule has 1 unspecified atom stereocenters. The highest BCUT2D eigenvalue weighted by Crippen LogP contribution is 2.29. The monoisotopic (exact) mass is 218 g/mol. The van der Waals surface area contributed by atoms with Crippen LogP contribution < -0.4 is 10.6 Å². The Morgan fingerprint density at radius 2 is 2.25 bits per heavy atom. The van der Waals surface area contributed by atoms with E-state index in [4.69, 9.17) is 5.73 Å². The average molecular weight is 218 g/mol. The molecule has 1 aliphatic rings. The molecule has 3 heteroatoms. The third kappa shape index (κ3) is 1.95. The van der Waals surface area contributed by atoms with Crippen molar-refractivity contribution < 1.29 is 4.79 Å². The Morgan fingerprint density at radius 1 is 1.50 bits per heavy atom. The van der Waals surface area contributed by atoms with Gasteiger partial charge in [-0.05, 0) is 30.9 Å². The minimum atomic E-state index is 0.0878. The summed E-state index contributed by atoms with van der Waals surface area (Å²) in [5, 5.41) is 0. The predicted molar refractivity (Wildman–Crippen MR) is 65.4 cm³/mol. The molecule has 1 aromatic rings. The van der Waals surface area contributed by atoms with Crippen LogP contribution in [0.3, 0.4) is 0 Å². The number of aryl methyl sites for hydroxylation is 1. The lowest BCUT2D eigenvalue weighted by atomic mass is 10.1. The summed E-state index contributed by atoms with van der Waals surface area (Å²) < 4.78 is 0. The van der Waals surface area contributed by atoms with Crippen molar-refractivity contribution >= 4 is 11.6 Å². The molecule has 16 heavy (non-hydrogen) atoms. The van der Waals surface area contributed by atoms with Crippen LogP contribution >= 0.6 is 0 Å². The standard InChI is InChI=1S/C13H18N2O/c1-10(16)15-12(9-14)7-4-6-11-5-2-3-8-13(11)15/h2-3,5,8,12H,4,6-7,9,14H2,1H3. The van der Waals surface area contributed by atoms with Crippen molar-refractivity contribution in [3.63, 3.8) is 0 Å². The second-order valence-electron chi connectivity index (χ2n) is 4.30. The van der Waals surface area contributed by atoms with Crippen LogP contribution in [0.25, 0.3) is 0 Å². The molecule has 1 heterocycles. The molecule has 0 aliphatic carbocycles. The number of benzene rings is 1. The summed E-state index contributed by atoms with van der Waals surface area (Å²) in [6, 6.07) is 8.28. The molecular weight excluding hydrogens is 200 g/mol. The highest BCUT2D eigenvalue weighted by molar-refractivity contribution is 5.93. The van der Waals surface area contributed by atoms with Gasteiger partial charge in [0.25, 0.3) is 0 Å². The fourth-order valence-corrected chi connectivity index (χ4v) is 2.46. The van der Waals surface area contributed by atoms with Gasteiger partial charge in [0.1, 0.15) is 0 Å². The first-order chi connectivity index (χ1) is 7.74. The summed E-state index contributed by atoms with van der Waals surface area (Å²) in [4.78, 5) is 13.6. The summed E-state index contributed by atoms with van der Waals surface area (Å²) in [7, 11) is 0. The molecule has 1 aliphatic heterocycles. The molecule has 1 amide bonds. The lowest BCUT2D eigenvalue weighted by Crippen LogP contribution is -2.43. The van der Waals surface area contributed by atoms with Crippen LogP contribution in [0.1, 0.15) is 25.3 Å². The quantitative estimate of drug-likeness (QED) is 0.780. The summed E-state index contributed by atoms with van der Waals surface area (Å²) >= 11 is 0. The van der Waals surface area contributed by atoms with Crippen molar-refractivity contribution in [2.45, 2.75) is 32.2 Å². The van der Waals surface area contributed by atoms with Gasteiger partial charge in [-0.1, -0.05) is 18.2 Å². The topological polar surface area (TPSA) is 46.3 Å². The van der Waals surface area contributed by atoms with Gasteiger partial charge in [-0.15, -0.1) is 0 Å². The van der Waals surface area contributed by atoms with Crippen LogP contribution in [0.5, 0.6) is 0 Å². The minimum Gasteiger partial charge on any atom is -0.328 e. The zero-order valence-corrected chi connectivity index (χ0v) is 9.65. The van der Waals surface area contributed by atoms with Crippen LogP contribution in [0.15, 0.2) is 24.3 Å². The van der Waals surface area contributed by atoms with Gasteiger partial charge in [0.2, 0.25) is 5.91 Å². The van der Waals surface area contributed by atoms with E-state index in [1.54, 1.807) is 6.92 Å². The maximum absolute atomic E-state index is 11.8. The average Bonchev–Trinajstić information content (AvgIpc) is 2.47. The molecule has 0 saturated carbocycles. The number of anilines is 1. The van der Waals surface area contributed by atoms with Crippen LogP contribution in [0.2, 0.25) is 0 Å². The Kier molecular flexibility index (Phi) is 3.25. The fraction of sp³-hybridized carbons (Fsp3) is 0.462. The van der Waals surface area contributed by atoms with E-state index in [0.29, 0.717) is 6.54 Å². The molecule has 0 fully saturated rings. The number of hydrogen-bond acceptors (Lipinski definition) is 2. The van der Waals surface area contributed by atoms with E-state index in [1.807, 2.05) is 23.1 Å². The van der Waals surface area contributed by atoms with E-state index < -0.39 is 0 Å². The van der Waals surface area contributed by atoms with E-state index in [-0.39, 0.29) is 11.9 Å². The first-order valence-electron chi connectivity index (χ1n) is 5.82. The second kappa shape index (κ2) is 4.66. The maximum atomic E-state index is 11.8. The summed E-state index contributed by atoms with van der Waals surface area (Å²) in [5.41, 5.74) is 8.07. The van der Waals surface area contributed by atoms with Crippen molar-refractivity contribution in [3.8, 4) is 0 Å². The Labute approximate surface area is 96.2 Å². The van der Waals surface area contributed by atoms with Gasteiger partial charge in [0.15, 0.2) is 0 Å². The minimum absolute atomic E-state index is 0.0878. The van der Waals surface area contributed by atoms with Gasteiger partial charge < -0.3 is 10.6 Å². The largest absolute Gasteiger partial charge is 0.328 e. The number of carbonyl (C=O) groups is 1. The highest BCUT2D eigenvalue weighted by Gasteiger charge is 2.25. The Hall–Kier alpha value is -1.35. The van der Waals surface area contributed by atoms with Crippen LogP contribution in [0, 0.1) is 0 Å². The third-order valence-electron chi connectivity index (χ3n) is 3.21. The molecule has 0 spiro atoms. The van der Waals surface area contributed by atoms with E-state index >= 15 is 0 Å². The highest BCUT2D eigenvalue weighted by atomic mass is 16.2. The van der Waals surface area contributed by atoms with Crippen molar-refractivity contribution in [2.75, 3.05) is 11.4 Å². The number of amides is 1. The molecule has 0 bridgehead atoms. The van der Waals surface area contributed by atoms with Gasteiger partial charge in [-0.25, -0.2) is 0 Å². The zero-order chi connectivity index (χ0) is 11.5. The molecule has 1 aromatic carbocycles. The van der Waals surface area contributed by atoms with Crippen molar-refractivity contribution in [3.05, 3.63) is 29.8 Å². The number of rotatable bonds is 1. The lowest BCUT2D eigenvalue weighted by Gasteiger charge is -2.29. The Morgan fingerprint density at radius 3 is 2.94 bits per heavy atom. The summed E-state index contributed by atoms with van der Waals surface area (Å²) in [6.07, 6.45) is 3.13. The molecule has 2 rings (SSSR count). The maximum Gasteiger partial charge on any atom is 0.224 e. The molecule has 0 aromatic heterocycles. The molecule has 0 saturated heterocycles. The van der Waals surface area contributed by atoms with Crippen molar-refractivity contribution in [1.29, 1.82) is 0 Å². The summed E-state index contributed by atoms with van der Waals surface area (Å²) in [5.74, 6) is 0.0878. The van der Waals surface area contributed by atoms with Crippen LogP contribution in [-0.4, -0.2) is 18.5 Å². The normalized spacial score (nSPS) is 20.1. The molecule has 1 atom stereocenters. The zero-order valence-electron chi connectivity index (χ0n) is 9.65. The third-order valence-corrected chi connectivity index (χ3v) is 3.21. The number of nitrogens with two attached hydrogens (primary N) is 1. The number of hydrogen-bond donors (Lipinski definition) is 1. The first kappa shape index (κ1) is 11.1. The van der Waals surface area contributed by atoms with E-state index in [1.165, 1.54) is 5.56 Å². The molecule has 2 N–H and O–H groups in total. The molecular formula is C13H18N2O. The van der Waals surface area contributed by atoms with Crippen molar-refractivity contribution in [2.24, 2.45) is 5.73 Å². The van der Waals surface area contributed by atoms with Gasteiger partial charge >= 0.3 is 0 Å². The van der Waals surface area contributed by atoms with Gasteiger partial charge in [0, 0.05) is 25.2 Å². The van der Waals surface area contributed by atoms with Crippen LogP contribution in [0.4, 0.5) is 5.69 Å². The second-order valence-corrected chi connectivity index (χ2v) is 4.30. The van der Waals surface area contributed by atoms with E-state index in [9.17, 15) is 4.79 Å². The molecule has 0 radical (unpaired) electrons. The van der Waals surface area contributed by atoms with E-state index in [2.05, 4.69) is 6.07 Å². The van der Waals surface area contributed by atoms with Gasteiger partial charge in [-0.3, -0.25) is 4.79 Å². The van der Waals surface area contributed by atoms with Gasteiger partial charge in [-0.2, -0.15) is 0 Å². The Balaban J connectivity index is 2.45. The molecule has 86 valence electrons. The van der Waals surface area contributed by atoms with Gasteiger partial charge in [0.05, 0.1) is 0 Å². The Bertz CT molecular complexity index is 389. The lowest BCUT2D eigenvalue weighted by molar-refractivity contribution is -0.117. The van der Waals surface area contributed by atoms with Crippen molar-refractivity contribution in [1.82, 2.24) is 0 Å². The fourth-order valence-electron chi connectivity index (χ4n) is 2.46. The van der Waals surface area contributed by atoms with Crippen LogP contribution in [-0.2, 0) is 11.2 Å². The SMILES string of the molecule is CC(=O)N1c2ccccc2CCCC1CN. The predicted octanol–water partition coefficient (Wildman–Crippen LogP) is 1.70.